The summed E-state index contributed by atoms with van der Waals surface area (Å²) in [4.78, 5) is 1.30. The van der Waals surface area contributed by atoms with Crippen LogP contribution in [-0.4, -0.2) is 5.54 Å². The summed E-state index contributed by atoms with van der Waals surface area (Å²) in [7, 11) is 0. The van der Waals surface area contributed by atoms with Gasteiger partial charge in [-0.1, -0.05) is 33.8 Å². The molecule has 0 aliphatic heterocycles. The molecule has 0 saturated heterocycles. The van der Waals surface area contributed by atoms with Gasteiger partial charge in [-0.15, -0.1) is 11.3 Å². The molecule has 0 unspecified atom stereocenters. The second-order valence-electron chi connectivity index (χ2n) is 7.49. The SMILES string of the molecule is CC1(C)CC(C)(C)CC(C#N)(NCc2cccs2)C1. The second-order valence-corrected chi connectivity index (χ2v) is 8.52. The summed E-state index contributed by atoms with van der Waals surface area (Å²) >= 11 is 1.75. The molecule has 0 radical (unpaired) electrons. The number of nitrogens with zero attached hydrogens (tertiary/aromatic N) is 1. The minimum Gasteiger partial charge on any atom is -0.294 e. The zero-order chi connectivity index (χ0) is 14.1. The van der Waals surface area contributed by atoms with Crippen molar-refractivity contribution in [2.75, 3.05) is 0 Å². The number of nitriles is 1. The molecule has 2 nitrogen and oxygen atoms in total. The maximum atomic E-state index is 9.73. The lowest BCUT2D eigenvalue weighted by Crippen LogP contribution is -2.53. The number of rotatable bonds is 3. The minimum absolute atomic E-state index is 0.222. The highest BCUT2D eigenvalue weighted by Crippen LogP contribution is 2.49. The Morgan fingerprint density at radius 2 is 1.84 bits per heavy atom. The van der Waals surface area contributed by atoms with Gasteiger partial charge in [0.05, 0.1) is 6.07 Å². The van der Waals surface area contributed by atoms with Crippen LogP contribution >= 0.6 is 11.3 Å². The van der Waals surface area contributed by atoms with Crippen molar-refractivity contribution in [3.63, 3.8) is 0 Å². The van der Waals surface area contributed by atoms with Gasteiger partial charge >= 0.3 is 0 Å². The van der Waals surface area contributed by atoms with Crippen LogP contribution in [0.25, 0.3) is 0 Å². The van der Waals surface area contributed by atoms with Crippen LogP contribution in [0.15, 0.2) is 17.5 Å². The topological polar surface area (TPSA) is 35.8 Å². The van der Waals surface area contributed by atoms with Gasteiger partial charge in [-0.3, -0.25) is 5.32 Å². The Bertz CT molecular complexity index is 449. The average Bonchev–Trinajstić information content (AvgIpc) is 2.75. The van der Waals surface area contributed by atoms with Gasteiger partial charge in [0.15, 0.2) is 0 Å². The Morgan fingerprint density at radius 1 is 1.21 bits per heavy atom. The maximum Gasteiger partial charge on any atom is 0.108 e. The fourth-order valence-corrected chi connectivity index (χ4v) is 4.67. The summed E-state index contributed by atoms with van der Waals surface area (Å²) in [5.41, 5.74) is 0.0646. The molecular formula is C16H24N2S. The molecule has 1 aliphatic rings. The van der Waals surface area contributed by atoms with Crippen LogP contribution in [0.3, 0.4) is 0 Å². The predicted octanol–water partition coefficient (Wildman–Crippen LogP) is 4.34. The first-order valence-corrected chi connectivity index (χ1v) is 7.83. The van der Waals surface area contributed by atoms with Crippen molar-refractivity contribution in [2.24, 2.45) is 10.8 Å². The van der Waals surface area contributed by atoms with E-state index in [1.165, 1.54) is 11.3 Å². The Morgan fingerprint density at radius 3 is 2.32 bits per heavy atom. The van der Waals surface area contributed by atoms with Crippen LogP contribution in [0.4, 0.5) is 0 Å². The van der Waals surface area contributed by atoms with E-state index in [2.05, 4.69) is 56.6 Å². The van der Waals surface area contributed by atoms with Crippen LogP contribution in [-0.2, 0) is 6.54 Å². The van der Waals surface area contributed by atoms with Crippen LogP contribution in [0.2, 0.25) is 0 Å². The van der Waals surface area contributed by atoms with E-state index < -0.39 is 0 Å². The van der Waals surface area contributed by atoms with Crippen LogP contribution in [0, 0.1) is 22.2 Å². The van der Waals surface area contributed by atoms with E-state index >= 15 is 0 Å². The van der Waals surface area contributed by atoms with Crippen LogP contribution < -0.4 is 5.32 Å². The quantitative estimate of drug-likeness (QED) is 0.891. The summed E-state index contributed by atoms with van der Waals surface area (Å²) in [5, 5.41) is 15.4. The lowest BCUT2D eigenvalue weighted by atomic mass is 9.59. The monoisotopic (exact) mass is 276 g/mol. The highest BCUT2D eigenvalue weighted by atomic mass is 32.1. The molecule has 0 amide bonds. The van der Waals surface area contributed by atoms with Gasteiger partial charge in [0.1, 0.15) is 5.54 Å². The molecule has 1 heterocycles. The maximum absolute atomic E-state index is 9.73. The third-order valence-electron chi connectivity index (χ3n) is 3.91. The first-order chi connectivity index (χ1) is 8.76. The van der Waals surface area contributed by atoms with E-state index in [-0.39, 0.29) is 16.4 Å². The molecule has 1 aliphatic carbocycles. The molecule has 0 aromatic carbocycles. The zero-order valence-corrected chi connectivity index (χ0v) is 13.2. The molecule has 0 spiro atoms. The third-order valence-corrected chi connectivity index (χ3v) is 4.79. The standard InChI is InChI=1S/C16H24N2S/c1-14(2)9-15(3,4)11-16(10-14,12-17)18-8-13-6-5-7-19-13/h5-7,18H,8-11H2,1-4H3. The Labute approximate surface area is 120 Å². The van der Waals surface area contributed by atoms with Crippen molar-refractivity contribution in [1.82, 2.24) is 5.32 Å². The van der Waals surface area contributed by atoms with Gasteiger partial charge in [0.2, 0.25) is 0 Å². The van der Waals surface area contributed by atoms with Gasteiger partial charge in [-0.25, -0.2) is 0 Å². The zero-order valence-electron chi connectivity index (χ0n) is 12.4. The Kier molecular flexibility index (Phi) is 3.77. The van der Waals surface area contributed by atoms with Crippen molar-refractivity contribution in [1.29, 1.82) is 5.26 Å². The average molecular weight is 276 g/mol. The Hall–Kier alpha value is -0.850. The van der Waals surface area contributed by atoms with Crippen molar-refractivity contribution >= 4 is 11.3 Å². The summed E-state index contributed by atoms with van der Waals surface area (Å²) in [5.74, 6) is 0. The molecule has 1 saturated carbocycles. The highest BCUT2D eigenvalue weighted by Gasteiger charge is 2.47. The van der Waals surface area contributed by atoms with Crippen molar-refractivity contribution in [3.8, 4) is 6.07 Å². The van der Waals surface area contributed by atoms with E-state index in [0.29, 0.717) is 0 Å². The first kappa shape index (κ1) is 14.6. The molecule has 0 atom stereocenters. The van der Waals surface area contributed by atoms with Gasteiger partial charge in [0.25, 0.3) is 0 Å². The van der Waals surface area contributed by atoms with E-state index in [1.54, 1.807) is 11.3 Å². The van der Waals surface area contributed by atoms with Gasteiger partial charge in [0, 0.05) is 11.4 Å². The minimum atomic E-state index is -0.380. The van der Waals surface area contributed by atoms with Crippen LogP contribution in [0.1, 0.15) is 51.8 Å². The summed E-state index contributed by atoms with van der Waals surface area (Å²) in [6.07, 6.45) is 3.06. The number of nitrogens with one attached hydrogen (secondary N) is 1. The summed E-state index contributed by atoms with van der Waals surface area (Å²) in [6, 6.07) is 6.78. The molecule has 104 valence electrons. The fourth-order valence-electron chi connectivity index (χ4n) is 4.03. The second kappa shape index (κ2) is 4.92. The number of hydrogen-bond donors (Lipinski definition) is 1. The number of hydrogen-bond acceptors (Lipinski definition) is 3. The van der Waals surface area contributed by atoms with Crippen LogP contribution in [0.5, 0.6) is 0 Å². The van der Waals surface area contributed by atoms with E-state index in [9.17, 15) is 5.26 Å². The highest BCUT2D eigenvalue weighted by molar-refractivity contribution is 7.09. The normalized spacial score (nSPS) is 23.7. The molecule has 1 fully saturated rings. The van der Waals surface area contributed by atoms with E-state index in [0.717, 1.165) is 19.4 Å². The van der Waals surface area contributed by atoms with Gasteiger partial charge in [-0.2, -0.15) is 5.26 Å². The van der Waals surface area contributed by atoms with Crippen molar-refractivity contribution in [3.05, 3.63) is 22.4 Å². The van der Waals surface area contributed by atoms with Gasteiger partial charge < -0.3 is 0 Å². The number of thiophene rings is 1. The fraction of sp³-hybridized carbons (Fsp3) is 0.688. The Balaban J connectivity index is 2.15. The third kappa shape index (κ3) is 3.58. The molecule has 19 heavy (non-hydrogen) atoms. The lowest BCUT2D eigenvalue weighted by molar-refractivity contribution is 0.0546. The molecule has 1 aromatic heterocycles. The molecular weight excluding hydrogens is 252 g/mol. The molecule has 1 N–H and O–H groups in total. The molecule has 3 heteroatoms. The predicted molar refractivity (Wildman–Crippen MR) is 80.9 cm³/mol. The summed E-state index contributed by atoms with van der Waals surface area (Å²) < 4.78 is 0. The lowest BCUT2D eigenvalue weighted by Gasteiger charge is -2.49. The first-order valence-electron chi connectivity index (χ1n) is 6.95. The van der Waals surface area contributed by atoms with E-state index in [4.69, 9.17) is 0 Å². The van der Waals surface area contributed by atoms with E-state index in [1.807, 2.05) is 0 Å². The molecule has 1 aromatic rings. The molecule has 2 rings (SSSR count). The smallest absolute Gasteiger partial charge is 0.108 e. The van der Waals surface area contributed by atoms with Crippen molar-refractivity contribution < 1.29 is 0 Å². The summed E-state index contributed by atoms with van der Waals surface area (Å²) in [6.45, 7) is 9.94. The van der Waals surface area contributed by atoms with Gasteiger partial charge in [-0.05, 0) is 41.5 Å². The molecule has 0 bridgehead atoms. The largest absolute Gasteiger partial charge is 0.294 e. The van der Waals surface area contributed by atoms with Crippen molar-refractivity contribution in [2.45, 2.75) is 59.0 Å².